The molecule has 2 rings (SSSR count). The molecule has 1 saturated heterocycles. The molecule has 2 atom stereocenters. The van der Waals surface area contributed by atoms with Gasteiger partial charge in [-0.1, -0.05) is 0 Å². The van der Waals surface area contributed by atoms with Crippen LogP contribution in [-0.2, 0) is 6.42 Å². The summed E-state index contributed by atoms with van der Waals surface area (Å²) in [6.07, 6.45) is 5.60. The zero-order valence-electron chi connectivity index (χ0n) is 8.79. The number of rotatable bonds is 2. The summed E-state index contributed by atoms with van der Waals surface area (Å²) in [4.78, 5) is 5.82. The second kappa shape index (κ2) is 4.09. The molecule has 2 unspecified atom stereocenters. The highest BCUT2D eigenvalue weighted by Gasteiger charge is 2.21. The van der Waals surface area contributed by atoms with E-state index >= 15 is 0 Å². The maximum atomic E-state index is 4.40. The molecule has 1 aromatic heterocycles. The summed E-state index contributed by atoms with van der Waals surface area (Å²) in [6.45, 7) is 3.34. The number of likely N-dealkylation sites (tertiary alicyclic amines) is 1. The Morgan fingerprint density at radius 2 is 2.50 bits per heavy atom. The molecule has 1 aliphatic heterocycles. The van der Waals surface area contributed by atoms with Crippen molar-refractivity contribution in [1.29, 1.82) is 0 Å². The standard InChI is InChI=1S/C12H18N2/c1-10-5-6-13-11(8-10)9-12-4-3-7-14(12)2/h5-6,8,12,14H,2-4,7,9H2,1H3. The Kier molecular flexibility index (Phi) is 2.82. The van der Waals surface area contributed by atoms with Crippen molar-refractivity contribution in [3.63, 3.8) is 0 Å². The first kappa shape index (κ1) is 9.66. The predicted octanol–water partition coefficient (Wildman–Crippen LogP) is 0.771. The average molecular weight is 190 g/mol. The van der Waals surface area contributed by atoms with Gasteiger partial charge in [0, 0.05) is 24.7 Å². The number of hydrogen-bond acceptors (Lipinski definition) is 1. The van der Waals surface area contributed by atoms with Crippen LogP contribution in [0, 0.1) is 14.0 Å². The lowest BCUT2D eigenvalue weighted by Gasteiger charge is -2.22. The van der Waals surface area contributed by atoms with E-state index in [2.05, 4.69) is 25.0 Å². The SMILES string of the molecule is [CH2-][NH+]1CCCC1Cc1cc(C)ccn1. The van der Waals surface area contributed by atoms with E-state index in [1.54, 1.807) is 0 Å². The second-order valence-corrected chi connectivity index (χ2v) is 4.28. The van der Waals surface area contributed by atoms with Crippen LogP contribution < -0.4 is 4.90 Å². The van der Waals surface area contributed by atoms with Crippen molar-refractivity contribution in [1.82, 2.24) is 4.98 Å². The Labute approximate surface area is 86.0 Å². The summed E-state index contributed by atoms with van der Waals surface area (Å²) in [6, 6.07) is 4.92. The molecule has 0 bridgehead atoms. The normalized spacial score (nSPS) is 26.7. The number of quaternary nitrogens is 1. The van der Waals surface area contributed by atoms with Crippen LogP contribution in [0.1, 0.15) is 24.1 Å². The van der Waals surface area contributed by atoms with Crippen molar-refractivity contribution in [2.45, 2.75) is 32.2 Å². The maximum Gasteiger partial charge on any atom is 0.0693 e. The highest BCUT2D eigenvalue weighted by Crippen LogP contribution is 2.08. The van der Waals surface area contributed by atoms with Gasteiger partial charge in [0.25, 0.3) is 0 Å². The third-order valence-corrected chi connectivity index (χ3v) is 3.06. The molecule has 2 nitrogen and oxygen atoms in total. The van der Waals surface area contributed by atoms with Crippen molar-refractivity contribution >= 4 is 0 Å². The first-order valence-electron chi connectivity index (χ1n) is 5.35. The lowest BCUT2D eigenvalue weighted by molar-refractivity contribution is -0.866. The van der Waals surface area contributed by atoms with Gasteiger partial charge in [-0.25, -0.2) is 0 Å². The van der Waals surface area contributed by atoms with E-state index in [1.165, 1.54) is 35.5 Å². The third-order valence-electron chi connectivity index (χ3n) is 3.06. The van der Waals surface area contributed by atoms with Crippen molar-refractivity contribution in [3.05, 3.63) is 36.6 Å². The zero-order chi connectivity index (χ0) is 9.97. The lowest BCUT2D eigenvalue weighted by atomic mass is 10.1. The smallest absolute Gasteiger partial charge is 0.0693 e. The van der Waals surface area contributed by atoms with E-state index in [0.29, 0.717) is 6.04 Å². The van der Waals surface area contributed by atoms with E-state index in [1.807, 2.05) is 12.3 Å². The molecule has 0 saturated carbocycles. The van der Waals surface area contributed by atoms with E-state index < -0.39 is 0 Å². The topological polar surface area (TPSA) is 17.3 Å². The highest BCUT2D eigenvalue weighted by molar-refractivity contribution is 5.14. The minimum absolute atomic E-state index is 0.685. The number of aryl methyl sites for hydroxylation is 1. The molecule has 0 aromatic carbocycles. The maximum absolute atomic E-state index is 4.40. The van der Waals surface area contributed by atoms with Crippen LogP contribution in [0.25, 0.3) is 0 Å². The van der Waals surface area contributed by atoms with Crippen LogP contribution in [0.5, 0.6) is 0 Å². The first-order chi connectivity index (χ1) is 6.75. The number of pyridine rings is 1. The Bertz CT molecular complexity index is 309. The predicted molar refractivity (Wildman–Crippen MR) is 56.9 cm³/mol. The zero-order valence-corrected chi connectivity index (χ0v) is 8.79. The van der Waals surface area contributed by atoms with Crippen molar-refractivity contribution in [2.75, 3.05) is 6.54 Å². The quantitative estimate of drug-likeness (QED) is 0.682. The van der Waals surface area contributed by atoms with E-state index in [0.717, 1.165) is 6.42 Å². The Morgan fingerprint density at radius 1 is 1.64 bits per heavy atom. The number of aromatic nitrogens is 1. The van der Waals surface area contributed by atoms with Gasteiger partial charge in [-0.3, -0.25) is 4.98 Å². The molecule has 76 valence electrons. The molecular formula is C12H18N2. The van der Waals surface area contributed by atoms with Crippen LogP contribution in [0.4, 0.5) is 0 Å². The molecule has 0 spiro atoms. The summed E-state index contributed by atoms with van der Waals surface area (Å²) in [5, 5.41) is 0. The van der Waals surface area contributed by atoms with Crippen LogP contribution in [-0.4, -0.2) is 17.6 Å². The molecule has 0 amide bonds. The van der Waals surface area contributed by atoms with Gasteiger partial charge in [-0.15, -0.1) is 0 Å². The fourth-order valence-electron chi connectivity index (χ4n) is 2.19. The molecule has 2 heteroatoms. The summed E-state index contributed by atoms with van der Waals surface area (Å²) in [5.74, 6) is 0. The molecular weight excluding hydrogens is 172 g/mol. The Hall–Kier alpha value is -0.890. The largest absolute Gasteiger partial charge is 0.465 e. The first-order valence-corrected chi connectivity index (χ1v) is 5.35. The number of nitrogens with zero attached hydrogens (tertiary/aromatic N) is 1. The summed E-state index contributed by atoms with van der Waals surface area (Å²) < 4.78 is 0. The van der Waals surface area contributed by atoms with Gasteiger partial charge in [0.15, 0.2) is 0 Å². The minimum Gasteiger partial charge on any atom is -0.465 e. The van der Waals surface area contributed by atoms with Gasteiger partial charge < -0.3 is 4.90 Å². The molecule has 1 N–H and O–H groups in total. The van der Waals surface area contributed by atoms with Crippen LogP contribution in [0.2, 0.25) is 0 Å². The van der Waals surface area contributed by atoms with Crippen molar-refractivity contribution in [2.24, 2.45) is 0 Å². The fraction of sp³-hybridized carbons (Fsp3) is 0.500. The van der Waals surface area contributed by atoms with Crippen molar-refractivity contribution in [3.8, 4) is 0 Å². The Morgan fingerprint density at radius 3 is 3.14 bits per heavy atom. The lowest BCUT2D eigenvalue weighted by Crippen LogP contribution is -3.08. The van der Waals surface area contributed by atoms with Gasteiger partial charge >= 0.3 is 0 Å². The van der Waals surface area contributed by atoms with Gasteiger partial charge in [0.05, 0.1) is 12.6 Å². The molecule has 1 fully saturated rings. The summed E-state index contributed by atoms with van der Waals surface area (Å²) >= 11 is 0. The summed E-state index contributed by atoms with van der Waals surface area (Å²) in [5.41, 5.74) is 2.52. The molecule has 0 radical (unpaired) electrons. The molecule has 1 aliphatic rings. The molecule has 14 heavy (non-hydrogen) atoms. The molecule has 0 aliphatic carbocycles. The molecule has 1 aromatic rings. The fourth-order valence-corrected chi connectivity index (χ4v) is 2.19. The van der Waals surface area contributed by atoms with Crippen LogP contribution >= 0.6 is 0 Å². The van der Waals surface area contributed by atoms with E-state index in [-0.39, 0.29) is 0 Å². The van der Waals surface area contributed by atoms with Crippen molar-refractivity contribution < 1.29 is 4.90 Å². The van der Waals surface area contributed by atoms with E-state index in [9.17, 15) is 0 Å². The highest BCUT2D eigenvalue weighted by atomic mass is 15.1. The average Bonchev–Trinajstić information content (AvgIpc) is 2.52. The van der Waals surface area contributed by atoms with Gasteiger partial charge in [0.1, 0.15) is 0 Å². The van der Waals surface area contributed by atoms with E-state index in [4.69, 9.17) is 0 Å². The summed E-state index contributed by atoms with van der Waals surface area (Å²) in [7, 11) is 4.13. The Balaban J connectivity index is 2.03. The monoisotopic (exact) mass is 190 g/mol. The minimum atomic E-state index is 0.685. The van der Waals surface area contributed by atoms with Gasteiger partial charge in [0.2, 0.25) is 0 Å². The third kappa shape index (κ3) is 2.13. The molecule has 2 heterocycles. The van der Waals surface area contributed by atoms with Gasteiger partial charge in [-0.2, -0.15) is 7.05 Å². The second-order valence-electron chi connectivity index (χ2n) is 4.28. The van der Waals surface area contributed by atoms with Crippen LogP contribution in [0.3, 0.4) is 0 Å². The number of hydrogen-bond donors (Lipinski definition) is 1. The number of nitrogens with one attached hydrogen (secondary N) is 1. The van der Waals surface area contributed by atoms with Gasteiger partial charge in [-0.05, 0) is 31.0 Å². The van der Waals surface area contributed by atoms with Crippen LogP contribution in [0.15, 0.2) is 18.3 Å².